The number of nitrogens with one attached hydrogen (secondary N) is 2. The van der Waals surface area contributed by atoms with Crippen LogP contribution in [-0.2, 0) is 22.6 Å². The molecule has 2 aromatic rings. The first-order valence-electron chi connectivity index (χ1n) is 10.7. The molecule has 4 rings (SSSR count). The van der Waals surface area contributed by atoms with E-state index in [4.69, 9.17) is 0 Å². The molecule has 2 aromatic carbocycles. The highest BCUT2D eigenvalue weighted by Crippen LogP contribution is 2.28. The number of carbonyl (C=O) groups is 2. The van der Waals surface area contributed by atoms with Crippen LogP contribution in [0, 0.1) is 0 Å². The Bertz CT molecular complexity index is 906. The Morgan fingerprint density at radius 1 is 1.03 bits per heavy atom. The van der Waals surface area contributed by atoms with E-state index in [0.717, 1.165) is 43.6 Å². The molecule has 1 aliphatic heterocycles. The Kier molecular flexibility index (Phi) is 6.04. The molecule has 0 bridgehead atoms. The van der Waals surface area contributed by atoms with Gasteiger partial charge in [-0.15, -0.1) is 0 Å². The molecule has 1 unspecified atom stereocenters. The smallest absolute Gasteiger partial charge is 0.309 e. The number of fused-ring (bicyclic) bond motifs is 1. The van der Waals surface area contributed by atoms with E-state index in [1.807, 2.05) is 14.1 Å². The minimum atomic E-state index is -0.547. The van der Waals surface area contributed by atoms with Gasteiger partial charge in [-0.1, -0.05) is 36.4 Å². The van der Waals surface area contributed by atoms with Crippen LogP contribution in [0.1, 0.15) is 35.6 Å². The molecule has 0 saturated heterocycles. The molecule has 2 aliphatic rings. The molecule has 6 heteroatoms. The molecule has 1 saturated carbocycles. The molecule has 0 radical (unpaired) electrons. The van der Waals surface area contributed by atoms with Crippen LogP contribution >= 0.6 is 0 Å². The second-order valence-electron chi connectivity index (χ2n) is 8.45. The first-order valence-corrected chi connectivity index (χ1v) is 10.7. The van der Waals surface area contributed by atoms with Gasteiger partial charge < -0.3 is 15.5 Å². The van der Waals surface area contributed by atoms with E-state index in [1.165, 1.54) is 11.1 Å². The molecule has 1 atom stereocenters. The molecule has 0 aromatic heterocycles. The van der Waals surface area contributed by atoms with E-state index in [2.05, 4.69) is 69.0 Å². The summed E-state index contributed by atoms with van der Waals surface area (Å²) in [7, 11) is 4.04. The molecule has 6 nitrogen and oxygen atoms in total. The van der Waals surface area contributed by atoms with Crippen molar-refractivity contribution in [2.24, 2.45) is 0 Å². The Hall–Kier alpha value is -2.86. The summed E-state index contributed by atoms with van der Waals surface area (Å²) in [6.45, 7) is 2.15. The number of benzene rings is 2. The van der Waals surface area contributed by atoms with Gasteiger partial charge in [-0.3, -0.25) is 14.5 Å². The lowest BCUT2D eigenvalue weighted by molar-refractivity contribution is -0.139. The van der Waals surface area contributed by atoms with Gasteiger partial charge in [0.25, 0.3) is 0 Å². The van der Waals surface area contributed by atoms with Crippen LogP contribution in [0.4, 0.5) is 5.69 Å². The summed E-state index contributed by atoms with van der Waals surface area (Å²) >= 11 is 0. The maximum Gasteiger partial charge on any atom is 0.309 e. The van der Waals surface area contributed by atoms with Crippen LogP contribution in [0.3, 0.4) is 0 Å². The van der Waals surface area contributed by atoms with Gasteiger partial charge in [0.15, 0.2) is 0 Å². The van der Waals surface area contributed by atoms with Crippen LogP contribution < -0.4 is 15.5 Å². The Morgan fingerprint density at radius 3 is 2.40 bits per heavy atom. The monoisotopic (exact) mass is 406 g/mol. The summed E-state index contributed by atoms with van der Waals surface area (Å²) < 4.78 is 0. The van der Waals surface area contributed by atoms with Crippen LogP contribution in [0.5, 0.6) is 0 Å². The number of nitrogens with zero attached hydrogens (tertiary/aromatic N) is 2. The van der Waals surface area contributed by atoms with Gasteiger partial charge in [-0.25, -0.2) is 0 Å². The Labute approximate surface area is 178 Å². The van der Waals surface area contributed by atoms with E-state index < -0.39 is 11.8 Å². The number of rotatable bonds is 6. The van der Waals surface area contributed by atoms with E-state index in [9.17, 15) is 9.59 Å². The topological polar surface area (TPSA) is 64.7 Å². The summed E-state index contributed by atoms with van der Waals surface area (Å²) in [6.07, 6.45) is 2.92. The van der Waals surface area contributed by atoms with Crippen molar-refractivity contribution in [3.8, 4) is 0 Å². The van der Waals surface area contributed by atoms with Crippen molar-refractivity contribution in [2.75, 3.05) is 32.1 Å². The Balaban J connectivity index is 1.50. The largest absolute Gasteiger partial charge is 0.378 e. The first kappa shape index (κ1) is 20.4. The van der Waals surface area contributed by atoms with E-state index in [-0.39, 0.29) is 12.1 Å². The van der Waals surface area contributed by atoms with Gasteiger partial charge in [0.1, 0.15) is 0 Å². The maximum absolute atomic E-state index is 12.3. The fourth-order valence-electron chi connectivity index (χ4n) is 3.98. The van der Waals surface area contributed by atoms with Crippen LogP contribution in [0.15, 0.2) is 48.5 Å². The quantitative estimate of drug-likeness (QED) is 0.723. The van der Waals surface area contributed by atoms with Gasteiger partial charge in [0.2, 0.25) is 0 Å². The minimum Gasteiger partial charge on any atom is -0.378 e. The number of hydrogen-bond acceptors (Lipinski definition) is 4. The Morgan fingerprint density at radius 2 is 1.73 bits per heavy atom. The van der Waals surface area contributed by atoms with Gasteiger partial charge in [0, 0.05) is 45.5 Å². The van der Waals surface area contributed by atoms with Crippen molar-refractivity contribution >= 4 is 17.5 Å². The van der Waals surface area contributed by atoms with Crippen LogP contribution in [0.2, 0.25) is 0 Å². The van der Waals surface area contributed by atoms with Crippen LogP contribution in [-0.4, -0.2) is 49.9 Å². The molecule has 2 amide bonds. The highest BCUT2D eigenvalue weighted by Gasteiger charge is 2.28. The zero-order valence-corrected chi connectivity index (χ0v) is 17.7. The van der Waals surface area contributed by atoms with Crippen molar-refractivity contribution in [1.82, 2.24) is 15.5 Å². The summed E-state index contributed by atoms with van der Waals surface area (Å²) in [5.74, 6) is -1.07. The summed E-state index contributed by atoms with van der Waals surface area (Å²) in [6, 6.07) is 17.2. The lowest BCUT2D eigenvalue weighted by atomic mass is 9.96. The number of amides is 2. The predicted octanol–water partition coefficient (Wildman–Crippen LogP) is 2.25. The SMILES string of the molecule is CN(C)c1ccc(C(CNC(=O)C(=O)NC2CC2)N2CCc3ccccc3C2)cc1. The zero-order valence-electron chi connectivity index (χ0n) is 17.7. The third-order valence-electron chi connectivity index (χ3n) is 5.97. The van der Waals surface area contributed by atoms with E-state index in [0.29, 0.717) is 6.54 Å². The lowest BCUT2D eigenvalue weighted by Crippen LogP contribution is -2.45. The van der Waals surface area contributed by atoms with Gasteiger partial charge >= 0.3 is 11.8 Å². The predicted molar refractivity (Wildman–Crippen MR) is 118 cm³/mol. The molecule has 158 valence electrons. The molecule has 1 aliphatic carbocycles. The van der Waals surface area contributed by atoms with Gasteiger partial charge in [-0.2, -0.15) is 0 Å². The molecular formula is C24H30N4O2. The van der Waals surface area contributed by atoms with E-state index in [1.54, 1.807) is 0 Å². The lowest BCUT2D eigenvalue weighted by Gasteiger charge is -2.36. The highest BCUT2D eigenvalue weighted by atomic mass is 16.2. The van der Waals surface area contributed by atoms with Gasteiger partial charge in [-0.05, 0) is 48.1 Å². The molecule has 2 N–H and O–H groups in total. The zero-order chi connectivity index (χ0) is 21.1. The van der Waals surface area contributed by atoms with Crippen LogP contribution in [0.25, 0.3) is 0 Å². The average Bonchev–Trinajstić information content (AvgIpc) is 3.58. The van der Waals surface area contributed by atoms with E-state index >= 15 is 0 Å². The summed E-state index contributed by atoms with van der Waals surface area (Å²) in [5, 5.41) is 5.63. The third-order valence-corrected chi connectivity index (χ3v) is 5.97. The van der Waals surface area contributed by atoms with Gasteiger partial charge in [0.05, 0.1) is 6.04 Å². The minimum absolute atomic E-state index is 0.00671. The first-order chi connectivity index (χ1) is 14.5. The second kappa shape index (κ2) is 8.88. The molecule has 0 spiro atoms. The highest BCUT2D eigenvalue weighted by molar-refractivity contribution is 6.35. The fraction of sp³-hybridized carbons (Fsp3) is 0.417. The maximum atomic E-state index is 12.3. The van der Waals surface area contributed by atoms with Crippen molar-refractivity contribution in [1.29, 1.82) is 0 Å². The van der Waals surface area contributed by atoms with Crippen molar-refractivity contribution in [3.63, 3.8) is 0 Å². The van der Waals surface area contributed by atoms with Crippen molar-refractivity contribution in [3.05, 3.63) is 65.2 Å². The number of carbonyl (C=O) groups excluding carboxylic acids is 2. The number of anilines is 1. The standard InChI is InChI=1S/C24H30N4O2/c1-27(2)21-11-7-18(8-12-21)22(15-25-23(29)24(30)26-20-9-10-20)28-14-13-17-5-3-4-6-19(17)16-28/h3-8,11-12,20,22H,9-10,13-16H2,1-2H3,(H,25,29)(H,26,30). The normalized spacial score (nSPS) is 17.0. The molecule has 1 fully saturated rings. The molecular weight excluding hydrogens is 376 g/mol. The second-order valence-corrected chi connectivity index (χ2v) is 8.45. The van der Waals surface area contributed by atoms with Crippen molar-refractivity contribution in [2.45, 2.75) is 37.9 Å². The fourth-order valence-corrected chi connectivity index (χ4v) is 3.98. The summed E-state index contributed by atoms with van der Waals surface area (Å²) in [4.78, 5) is 28.8. The number of hydrogen-bond donors (Lipinski definition) is 2. The molecule has 30 heavy (non-hydrogen) atoms. The third kappa shape index (κ3) is 4.82. The molecule has 1 heterocycles. The van der Waals surface area contributed by atoms with Crippen molar-refractivity contribution < 1.29 is 9.59 Å². The summed E-state index contributed by atoms with van der Waals surface area (Å²) in [5.41, 5.74) is 5.00. The average molecular weight is 407 g/mol.